The Morgan fingerprint density at radius 2 is 2.17 bits per heavy atom. The van der Waals surface area contributed by atoms with Crippen molar-refractivity contribution >= 4 is 21.6 Å². The first-order chi connectivity index (χ1) is 8.69. The minimum Gasteiger partial charge on any atom is -0.380 e. The van der Waals surface area contributed by atoms with Gasteiger partial charge in [-0.3, -0.25) is 0 Å². The highest BCUT2D eigenvalue weighted by Crippen LogP contribution is 2.24. The molecule has 1 aromatic rings. The SMILES string of the molecule is CC(CN1CCCC1)Nc1ccc(C#N)cc1Br. The number of nitrogens with zero attached hydrogens (tertiary/aromatic N) is 2. The van der Waals surface area contributed by atoms with E-state index < -0.39 is 0 Å². The summed E-state index contributed by atoms with van der Waals surface area (Å²) in [6.07, 6.45) is 2.65. The second kappa shape index (κ2) is 6.21. The van der Waals surface area contributed by atoms with Gasteiger partial charge in [0.15, 0.2) is 0 Å². The second-order valence-corrected chi connectivity index (χ2v) is 5.71. The molecule has 1 aliphatic heterocycles. The molecule has 1 heterocycles. The molecule has 1 unspecified atom stereocenters. The van der Waals surface area contributed by atoms with Crippen molar-refractivity contribution in [2.24, 2.45) is 0 Å². The lowest BCUT2D eigenvalue weighted by atomic mass is 10.2. The van der Waals surface area contributed by atoms with Crippen LogP contribution in [0.4, 0.5) is 5.69 Å². The van der Waals surface area contributed by atoms with E-state index in [1.807, 2.05) is 18.2 Å². The third-order valence-corrected chi connectivity index (χ3v) is 3.89. The van der Waals surface area contributed by atoms with E-state index in [0.717, 1.165) is 16.7 Å². The normalized spacial score (nSPS) is 17.4. The van der Waals surface area contributed by atoms with Gasteiger partial charge in [-0.2, -0.15) is 5.26 Å². The number of hydrogen-bond acceptors (Lipinski definition) is 3. The van der Waals surface area contributed by atoms with Gasteiger partial charge in [0.2, 0.25) is 0 Å². The van der Waals surface area contributed by atoms with Crippen LogP contribution >= 0.6 is 15.9 Å². The molecule has 0 radical (unpaired) electrons. The van der Waals surface area contributed by atoms with Crippen molar-refractivity contribution in [1.29, 1.82) is 5.26 Å². The van der Waals surface area contributed by atoms with E-state index in [2.05, 4.69) is 39.1 Å². The maximum absolute atomic E-state index is 8.83. The number of anilines is 1. The van der Waals surface area contributed by atoms with Crippen LogP contribution in [0.25, 0.3) is 0 Å². The summed E-state index contributed by atoms with van der Waals surface area (Å²) in [7, 11) is 0. The number of halogens is 1. The average Bonchev–Trinajstić information content (AvgIpc) is 2.84. The summed E-state index contributed by atoms with van der Waals surface area (Å²) < 4.78 is 0.954. The summed E-state index contributed by atoms with van der Waals surface area (Å²) in [4.78, 5) is 2.50. The summed E-state index contributed by atoms with van der Waals surface area (Å²) in [6.45, 7) is 5.72. The molecule has 4 heteroatoms. The van der Waals surface area contributed by atoms with Gasteiger partial charge in [-0.15, -0.1) is 0 Å². The van der Waals surface area contributed by atoms with E-state index >= 15 is 0 Å². The van der Waals surface area contributed by atoms with Gasteiger partial charge in [-0.1, -0.05) is 0 Å². The molecule has 0 aromatic heterocycles. The van der Waals surface area contributed by atoms with Gasteiger partial charge in [0.25, 0.3) is 0 Å². The quantitative estimate of drug-likeness (QED) is 0.928. The van der Waals surface area contributed by atoms with Crippen molar-refractivity contribution in [3.63, 3.8) is 0 Å². The van der Waals surface area contributed by atoms with E-state index in [-0.39, 0.29) is 0 Å². The van der Waals surface area contributed by atoms with Crippen LogP contribution in [0.5, 0.6) is 0 Å². The molecule has 1 atom stereocenters. The Balaban J connectivity index is 1.94. The molecule has 0 aliphatic carbocycles. The van der Waals surface area contributed by atoms with Crippen LogP contribution in [0.3, 0.4) is 0 Å². The first kappa shape index (κ1) is 13.4. The minimum atomic E-state index is 0.410. The van der Waals surface area contributed by atoms with Crippen LogP contribution in [0, 0.1) is 11.3 Å². The van der Waals surface area contributed by atoms with Crippen LogP contribution < -0.4 is 5.32 Å². The Kier molecular flexibility index (Phi) is 4.62. The predicted octanol–water partition coefficient (Wildman–Crippen LogP) is 3.22. The Bertz CT molecular complexity index is 447. The van der Waals surface area contributed by atoms with Crippen LogP contribution in [-0.2, 0) is 0 Å². The van der Waals surface area contributed by atoms with E-state index in [1.54, 1.807) is 0 Å². The summed E-state index contributed by atoms with van der Waals surface area (Å²) in [6, 6.07) is 8.21. The molecule has 1 saturated heterocycles. The lowest BCUT2D eigenvalue weighted by Crippen LogP contribution is -2.33. The Labute approximate surface area is 117 Å². The molecule has 18 heavy (non-hydrogen) atoms. The van der Waals surface area contributed by atoms with Crippen molar-refractivity contribution in [2.75, 3.05) is 25.0 Å². The molecule has 0 amide bonds. The van der Waals surface area contributed by atoms with E-state index in [0.29, 0.717) is 11.6 Å². The number of likely N-dealkylation sites (tertiary alicyclic amines) is 1. The standard InChI is InChI=1S/C14H18BrN3/c1-11(10-18-6-2-3-7-18)17-14-5-4-12(9-16)8-13(14)15/h4-5,8,11,17H,2-3,6-7,10H2,1H3. The highest BCUT2D eigenvalue weighted by Gasteiger charge is 2.15. The van der Waals surface area contributed by atoms with Crippen molar-refractivity contribution < 1.29 is 0 Å². The second-order valence-electron chi connectivity index (χ2n) is 4.86. The van der Waals surface area contributed by atoms with Crippen LogP contribution in [0.2, 0.25) is 0 Å². The zero-order valence-electron chi connectivity index (χ0n) is 10.6. The summed E-state index contributed by atoms with van der Waals surface area (Å²) in [5.41, 5.74) is 1.74. The number of nitrogens with one attached hydrogen (secondary N) is 1. The minimum absolute atomic E-state index is 0.410. The van der Waals surface area contributed by atoms with Gasteiger partial charge in [-0.05, 0) is 67.0 Å². The highest BCUT2D eigenvalue weighted by atomic mass is 79.9. The molecule has 1 fully saturated rings. The zero-order chi connectivity index (χ0) is 13.0. The molecule has 1 aromatic carbocycles. The number of rotatable bonds is 4. The smallest absolute Gasteiger partial charge is 0.0992 e. The topological polar surface area (TPSA) is 39.1 Å². The van der Waals surface area contributed by atoms with Crippen LogP contribution in [-0.4, -0.2) is 30.6 Å². The average molecular weight is 308 g/mol. The van der Waals surface area contributed by atoms with Gasteiger partial charge in [0.1, 0.15) is 0 Å². The third kappa shape index (κ3) is 3.47. The Morgan fingerprint density at radius 3 is 2.78 bits per heavy atom. The van der Waals surface area contributed by atoms with Gasteiger partial charge in [-0.25, -0.2) is 0 Å². The molecule has 1 aliphatic rings. The number of hydrogen-bond donors (Lipinski definition) is 1. The summed E-state index contributed by atoms with van der Waals surface area (Å²) in [5, 5.41) is 12.3. The van der Waals surface area contributed by atoms with Gasteiger partial charge in [0.05, 0.1) is 11.6 Å². The number of nitriles is 1. The maximum Gasteiger partial charge on any atom is 0.0992 e. The highest BCUT2D eigenvalue weighted by molar-refractivity contribution is 9.10. The monoisotopic (exact) mass is 307 g/mol. The van der Waals surface area contributed by atoms with Gasteiger partial charge in [0, 0.05) is 22.7 Å². The zero-order valence-corrected chi connectivity index (χ0v) is 12.2. The van der Waals surface area contributed by atoms with Gasteiger partial charge < -0.3 is 10.2 Å². The molecule has 2 rings (SSSR count). The largest absolute Gasteiger partial charge is 0.380 e. The van der Waals surface area contributed by atoms with Crippen molar-refractivity contribution in [3.05, 3.63) is 28.2 Å². The Hall–Kier alpha value is -1.05. The fourth-order valence-electron chi connectivity index (χ4n) is 2.37. The molecule has 0 spiro atoms. The lowest BCUT2D eigenvalue weighted by molar-refractivity contribution is 0.328. The fourth-order valence-corrected chi connectivity index (χ4v) is 2.86. The van der Waals surface area contributed by atoms with Crippen molar-refractivity contribution in [2.45, 2.75) is 25.8 Å². The van der Waals surface area contributed by atoms with E-state index in [4.69, 9.17) is 5.26 Å². The molecule has 1 N–H and O–H groups in total. The van der Waals surface area contributed by atoms with Crippen molar-refractivity contribution in [3.8, 4) is 6.07 Å². The molecular formula is C14H18BrN3. The maximum atomic E-state index is 8.83. The first-order valence-corrected chi connectivity index (χ1v) is 7.17. The van der Waals surface area contributed by atoms with E-state index in [1.165, 1.54) is 25.9 Å². The molecular weight excluding hydrogens is 290 g/mol. The lowest BCUT2D eigenvalue weighted by Gasteiger charge is -2.22. The van der Waals surface area contributed by atoms with Crippen LogP contribution in [0.1, 0.15) is 25.3 Å². The fraction of sp³-hybridized carbons (Fsp3) is 0.500. The van der Waals surface area contributed by atoms with Crippen molar-refractivity contribution in [1.82, 2.24) is 4.90 Å². The molecule has 96 valence electrons. The summed E-state index contributed by atoms with van der Waals surface area (Å²) >= 11 is 3.50. The number of benzene rings is 1. The van der Waals surface area contributed by atoms with Gasteiger partial charge >= 0.3 is 0 Å². The van der Waals surface area contributed by atoms with E-state index in [9.17, 15) is 0 Å². The first-order valence-electron chi connectivity index (χ1n) is 6.37. The molecule has 3 nitrogen and oxygen atoms in total. The third-order valence-electron chi connectivity index (χ3n) is 3.23. The molecule has 0 bridgehead atoms. The Morgan fingerprint density at radius 1 is 1.44 bits per heavy atom. The summed E-state index contributed by atoms with van der Waals surface area (Å²) in [5.74, 6) is 0. The van der Waals surface area contributed by atoms with Crippen LogP contribution in [0.15, 0.2) is 22.7 Å². The molecule has 0 saturated carbocycles. The predicted molar refractivity (Wildman–Crippen MR) is 77.6 cm³/mol.